The molecule has 0 saturated carbocycles. The molecule has 0 atom stereocenters. The smallest absolute Gasteiger partial charge is 0.324 e. The average molecular weight is 213 g/mol. The number of rotatable bonds is 5. The molecule has 1 aliphatic heterocycles. The summed E-state index contributed by atoms with van der Waals surface area (Å²) in [6.45, 7) is 7.51. The Kier molecular flexibility index (Phi) is 3.68. The molecule has 0 unspecified atom stereocenters. The van der Waals surface area contributed by atoms with Crippen LogP contribution in [-0.4, -0.2) is 42.0 Å². The van der Waals surface area contributed by atoms with Gasteiger partial charge in [-0.3, -0.25) is 9.69 Å². The monoisotopic (exact) mass is 213 g/mol. The zero-order valence-electron chi connectivity index (χ0n) is 9.59. The van der Waals surface area contributed by atoms with Crippen LogP contribution in [0.25, 0.3) is 0 Å². The molecule has 0 aromatic carbocycles. The number of nitrogens with one attached hydrogen (secondary N) is 2. The van der Waals surface area contributed by atoms with Crippen molar-refractivity contribution in [2.24, 2.45) is 0 Å². The third kappa shape index (κ3) is 2.68. The molecule has 5 heteroatoms. The highest BCUT2D eigenvalue weighted by atomic mass is 16.2. The quantitative estimate of drug-likeness (QED) is 0.510. The molecule has 2 N–H and O–H groups in total. The van der Waals surface area contributed by atoms with E-state index in [-0.39, 0.29) is 11.9 Å². The number of amides is 3. The van der Waals surface area contributed by atoms with Crippen LogP contribution in [0.2, 0.25) is 0 Å². The third-order valence-electron chi connectivity index (χ3n) is 2.38. The van der Waals surface area contributed by atoms with Crippen LogP contribution in [0, 0.1) is 0 Å². The van der Waals surface area contributed by atoms with E-state index in [0.29, 0.717) is 13.1 Å². The van der Waals surface area contributed by atoms with Gasteiger partial charge in [-0.15, -0.1) is 0 Å². The third-order valence-corrected chi connectivity index (χ3v) is 2.38. The van der Waals surface area contributed by atoms with E-state index in [1.165, 1.54) is 4.90 Å². The van der Waals surface area contributed by atoms with E-state index in [2.05, 4.69) is 17.6 Å². The number of carbonyl (C=O) groups excluding carboxylic acids is 2. The van der Waals surface area contributed by atoms with Crippen LogP contribution in [0.1, 0.15) is 27.2 Å². The molecule has 0 bridgehead atoms. The number of nitrogens with zero attached hydrogens (tertiary/aromatic N) is 1. The molecule has 3 amide bonds. The molecule has 1 rings (SSSR count). The van der Waals surface area contributed by atoms with Gasteiger partial charge in [0.05, 0.1) is 0 Å². The first kappa shape index (κ1) is 12.0. The van der Waals surface area contributed by atoms with Gasteiger partial charge < -0.3 is 10.6 Å². The largest absolute Gasteiger partial charge is 0.325 e. The Labute approximate surface area is 90.2 Å². The molecule has 86 valence electrons. The Morgan fingerprint density at radius 1 is 1.33 bits per heavy atom. The van der Waals surface area contributed by atoms with E-state index in [1.807, 2.05) is 0 Å². The lowest BCUT2D eigenvalue weighted by molar-refractivity contribution is -0.130. The van der Waals surface area contributed by atoms with E-state index in [4.69, 9.17) is 0 Å². The standard InChI is InChI=1S/C10H19N3O2/c1-4-5-11-6-7-13-8(14)10(2,3)12-9(13)15/h11H,4-7H2,1-3H3,(H,12,15). The molecule has 15 heavy (non-hydrogen) atoms. The van der Waals surface area contributed by atoms with E-state index in [0.717, 1.165) is 13.0 Å². The molecule has 5 nitrogen and oxygen atoms in total. The predicted molar refractivity (Wildman–Crippen MR) is 57.5 cm³/mol. The van der Waals surface area contributed by atoms with Gasteiger partial charge >= 0.3 is 6.03 Å². The Hall–Kier alpha value is -1.10. The van der Waals surface area contributed by atoms with E-state index in [9.17, 15) is 9.59 Å². The van der Waals surface area contributed by atoms with Gasteiger partial charge in [-0.05, 0) is 26.8 Å². The van der Waals surface area contributed by atoms with Gasteiger partial charge in [0.1, 0.15) is 5.54 Å². The zero-order chi connectivity index (χ0) is 11.5. The lowest BCUT2D eigenvalue weighted by atomic mass is 10.1. The molecule has 0 radical (unpaired) electrons. The minimum atomic E-state index is -0.748. The first-order valence-electron chi connectivity index (χ1n) is 5.34. The van der Waals surface area contributed by atoms with Crippen molar-refractivity contribution in [3.05, 3.63) is 0 Å². The van der Waals surface area contributed by atoms with Gasteiger partial charge in [0, 0.05) is 13.1 Å². The fourth-order valence-electron chi connectivity index (χ4n) is 1.51. The highest BCUT2D eigenvalue weighted by molar-refractivity contribution is 6.06. The molecule has 0 aromatic heterocycles. The van der Waals surface area contributed by atoms with Crippen molar-refractivity contribution in [3.8, 4) is 0 Å². The Balaban J connectivity index is 2.42. The van der Waals surface area contributed by atoms with Crippen LogP contribution in [0.3, 0.4) is 0 Å². The topological polar surface area (TPSA) is 61.4 Å². The fourth-order valence-corrected chi connectivity index (χ4v) is 1.51. The van der Waals surface area contributed by atoms with Crippen LogP contribution >= 0.6 is 0 Å². The summed E-state index contributed by atoms with van der Waals surface area (Å²) in [7, 11) is 0. The molecule has 1 saturated heterocycles. The molecule has 0 aromatic rings. The zero-order valence-corrected chi connectivity index (χ0v) is 9.59. The highest BCUT2D eigenvalue weighted by Gasteiger charge is 2.43. The van der Waals surface area contributed by atoms with Gasteiger partial charge in [0.2, 0.25) is 0 Å². The lowest BCUT2D eigenvalue weighted by Crippen LogP contribution is -2.41. The van der Waals surface area contributed by atoms with Crippen molar-refractivity contribution in [2.45, 2.75) is 32.7 Å². The summed E-state index contributed by atoms with van der Waals surface area (Å²) in [4.78, 5) is 24.4. The maximum Gasteiger partial charge on any atom is 0.325 e. The Bertz CT molecular complexity index is 263. The molecule has 1 aliphatic rings. The molecule has 0 aliphatic carbocycles. The number of urea groups is 1. The number of imide groups is 1. The minimum absolute atomic E-state index is 0.147. The Morgan fingerprint density at radius 2 is 2.00 bits per heavy atom. The van der Waals surface area contributed by atoms with Gasteiger partial charge in [0.15, 0.2) is 0 Å². The highest BCUT2D eigenvalue weighted by Crippen LogP contribution is 2.15. The van der Waals surface area contributed by atoms with E-state index < -0.39 is 5.54 Å². The first-order chi connectivity index (χ1) is 6.99. The fraction of sp³-hybridized carbons (Fsp3) is 0.800. The van der Waals surface area contributed by atoms with E-state index >= 15 is 0 Å². The maximum absolute atomic E-state index is 11.7. The van der Waals surface area contributed by atoms with Crippen molar-refractivity contribution < 1.29 is 9.59 Å². The van der Waals surface area contributed by atoms with Crippen molar-refractivity contribution >= 4 is 11.9 Å². The van der Waals surface area contributed by atoms with E-state index in [1.54, 1.807) is 13.8 Å². The minimum Gasteiger partial charge on any atom is -0.324 e. The second-order valence-corrected chi connectivity index (χ2v) is 4.26. The summed E-state index contributed by atoms with van der Waals surface area (Å²) in [6.07, 6.45) is 1.05. The molecular weight excluding hydrogens is 194 g/mol. The molecular formula is C10H19N3O2. The maximum atomic E-state index is 11.7. The van der Waals surface area contributed by atoms with Gasteiger partial charge in [-0.2, -0.15) is 0 Å². The first-order valence-corrected chi connectivity index (χ1v) is 5.34. The molecule has 0 spiro atoms. The van der Waals surface area contributed by atoms with Crippen molar-refractivity contribution in [2.75, 3.05) is 19.6 Å². The van der Waals surface area contributed by atoms with Gasteiger partial charge in [-0.25, -0.2) is 4.79 Å². The predicted octanol–water partition coefficient (Wildman–Crippen LogP) is 0.316. The van der Waals surface area contributed by atoms with Crippen LogP contribution in [0.15, 0.2) is 0 Å². The SMILES string of the molecule is CCCNCCN1C(=O)NC(C)(C)C1=O. The summed E-state index contributed by atoms with van der Waals surface area (Å²) in [5, 5.41) is 5.80. The summed E-state index contributed by atoms with van der Waals surface area (Å²) in [5.41, 5.74) is -0.748. The van der Waals surface area contributed by atoms with Gasteiger partial charge in [-0.1, -0.05) is 6.92 Å². The van der Waals surface area contributed by atoms with Crippen molar-refractivity contribution in [1.82, 2.24) is 15.5 Å². The molecule has 1 heterocycles. The second-order valence-electron chi connectivity index (χ2n) is 4.26. The van der Waals surface area contributed by atoms with Crippen molar-refractivity contribution in [1.29, 1.82) is 0 Å². The van der Waals surface area contributed by atoms with Crippen LogP contribution in [0.4, 0.5) is 4.79 Å². The van der Waals surface area contributed by atoms with Gasteiger partial charge in [0.25, 0.3) is 5.91 Å². The van der Waals surface area contributed by atoms with Crippen LogP contribution in [0.5, 0.6) is 0 Å². The summed E-state index contributed by atoms with van der Waals surface area (Å²) >= 11 is 0. The number of carbonyl (C=O) groups is 2. The Morgan fingerprint density at radius 3 is 2.47 bits per heavy atom. The van der Waals surface area contributed by atoms with Crippen LogP contribution in [-0.2, 0) is 4.79 Å². The summed E-state index contributed by atoms with van der Waals surface area (Å²) < 4.78 is 0. The average Bonchev–Trinajstić information content (AvgIpc) is 2.33. The van der Waals surface area contributed by atoms with Crippen LogP contribution < -0.4 is 10.6 Å². The number of hydrogen-bond donors (Lipinski definition) is 2. The van der Waals surface area contributed by atoms with Crippen molar-refractivity contribution in [3.63, 3.8) is 0 Å². The normalized spacial score (nSPS) is 19.5. The lowest BCUT2D eigenvalue weighted by Gasteiger charge is -2.15. The summed E-state index contributed by atoms with van der Waals surface area (Å²) in [5.74, 6) is -0.147. The summed E-state index contributed by atoms with van der Waals surface area (Å²) in [6, 6.07) is -0.289. The second kappa shape index (κ2) is 4.61. The molecule has 1 fully saturated rings. The number of hydrogen-bond acceptors (Lipinski definition) is 3.